The average molecular weight is 365 g/mol. The third kappa shape index (κ3) is 3.74. The summed E-state index contributed by atoms with van der Waals surface area (Å²) in [6.07, 6.45) is 0. The standard InChI is InChI=1S/C18H21ClN2O2S/c1-15-13-20(11-12-21(15)17-8-3-2-4-9-17)24(22,23)14-16-7-5-6-10-18(16)19/h2-10,15H,11-14H2,1H3. The lowest BCUT2D eigenvalue weighted by atomic mass is 10.2. The van der Waals surface area contributed by atoms with Crippen LogP contribution in [0.3, 0.4) is 0 Å². The maximum absolute atomic E-state index is 12.7. The van der Waals surface area contributed by atoms with Gasteiger partial charge in [-0.2, -0.15) is 4.31 Å². The number of benzene rings is 2. The van der Waals surface area contributed by atoms with E-state index in [0.29, 0.717) is 30.2 Å². The number of hydrogen-bond acceptors (Lipinski definition) is 3. The number of nitrogens with zero attached hydrogens (tertiary/aromatic N) is 2. The van der Waals surface area contributed by atoms with Gasteiger partial charge in [0.15, 0.2) is 0 Å². The molecule has 0 saturated carbocycles. The Bertz CT molecular complexity index is 796. The first kappa shape index (κ1) is 17.3. The van der Waals surface area contributed by atoms with Crippen LogP contribution in [0, 0.1) is 0 Å². The minimum Gasteiger partial charge on any atom is -0.366 e. The van der Waals surface area contributed by atoms with E-state index in [1.165, 1.54) is 0 Å². The van der Waals surface area contributed by atoms with E-state index >= 15 is 0 Å². The molecule has 1 heterocycles. The van der Waals surface area contributed by atoms with Crippen LogP contribution in [0.2, 0.25) is 5.02 Å². The Hall–Kier alpha value is -1.56. The van der Waals surface area contributed by atoms with Crippen LogP contribution in [0.25, 0.3) is 0 Å². The van der Waals surface area contributed by atoms with E-state index in [1.54, 1.807) is 22.5 Å². The Labute approximate surface area is 148 Å². The van der Waals surface area contributed by atoms with Gasteiger partial charge in [-0.15, -0.1) is 0 Å². The van der Waals surface area contributed by atoms with Gasteiger partial charge in [0.25, 0.3) is 0 Å². The highest BCUT2D eigenvalue weighted by atomic mass is 35.5. The van der Waals surface area contributed by atoms with E-state index in [9.17, 15) is 8.42 Å². The Balaban J connectivity index is 1.72. The van der Waals surface area contributed by atoms with Crippen molar-refractivity contribution in [2.75, 3.05) is 24.5 Å². The van der Waals surface area contributed by atoms with Crippen LogP contribution < -0.4 is 4.90 Å². The highest BCUT2D eigenvalue weighted by molar-refractivity contribution is 7.88. The van der Waals surface area contributed by atoms with Crippen molar-refractivity contribution in [1.82, 2.24) is 4.31 Å². The van der Waals surface area contributed by atoms with E-state index in [1.807, 2.05) is 24.3 Å². The lowest BCUT2D eigenvalue weighted by molar-refractivity contribution is 0.342. The summed E-state index contributed by atoms with van der Waals surface area (Å²) in [7, 11) is -3.38. The maximum atomic E-state index is 12.7. The van der Waals surface area contributed by atoms with Crippen molar-refractivity contribution in [2.45, 2.75) is 18.7 Å². The fourth-order valence-electron chi connectivity index (χ4n) is 3.08. The molecule has 0 radical (unpaired) electrons. The predicted octanol–water partition coefficient (Wildman–Crippen LogP) is 3.38. The molecule has 6 heteroatoms. The van der Waals surface area contributed by atoms with Gasteiger partial charge >= 0.3 is 0 Å². The maximum Gasteiger partial charge on any atom is 0.218 e. The van der Waals surface area contributed by atoms with Gasteiger partial charge in [-0.05, 0) is 30.7 Å². The van der Waals surface area contributed by atoms with Crippen LogP contribution in [0.1, 0.15) is 12.5 Å². The Kier molecular flexibility index (Phi) is 5.13. The lowest BCUT2D eigenvalue weighted by Crippen LogP contribution is -2.53. The molecule has 1 fully saturated rings. The molecule has 1 aliphatic heterocycles. The van der Waals surface area contributed by atoms with Gasteiger partial charge in [-0.3, -0.25) is 0 Å². The molecule has 1 saturated heterocycles. The summed E-state index contributed by atoms with van der Waals surface area (Å²) < 4.78 is 27.1. The molecule has 128 valence electrons. The van der Waals surface area contributed by atoms with E-state index in [2.05, 4.69) is 24.0 Å². The van der Waals surface area contributed by atoms with Gasteiger partial charge in [-0.25, -0.2) is 8.42 Å². The second-order valence-electron chi connectivity index (χ2n) is 6.08. The molecule has 4 nitrogen and oxygen atoms in total. The summed E-state index contributed by atoms with van der Waals surface area (Å²) in [4.78, 5) is 2.25. The van der Waals surface area contributed by atoms with Crippen molar-refractivity contribution in [3.63, 3.8) is 0 Å². The number of anilines is 1. The molecular weight excluding hydrogens is 344 g/mol. The molecule has 2 aromatic carbocycles. The van der Waals surface area contributed by atoms with Gasteiger partial charge in [0.2, 0.25) is 10.0 Å². The van der Waals surface area contributed by atoms with E-state index < -0.39 is 10.0 Å². The molecule has 3 rings (SSSR count). The van der Waals surface area contributed by atoms with Crippen LogP contribution in [-0.2, 0) is 15.8 Å². The Morgan fingerprint density at radius 2 is 1.71 bits per heavy atom. The summed E-state index contributed by atoms with van der Waals surface area (Å²) in [5, 5.41) is 0.497. The second-order valence-corrected chi connectivity index (χ2v) is 8.46. The lowest BCUT2D eigenvalue weighted by Gasteiger charge is -2.40. The van der Waals surface area contributed by atoms with Crippen LogP contribution in [-0.4, -0.2) is 38.4 Å². The molecule has 1 aliphatic rings. The molecule has 0 spiro atoms. The first-order valence-corrected chi connectivity index (χ1v) is 9.99. The van der Waals surface area contributed by atoms with Crippen molar-refractivity contribution in [2.24, 2.45) is 0 Å². The van der Waals surface area contributed by atoms with Gasteiger partial charge in [0, 0.05) is 36.4 Å². The van der Waals surface area contributed by atoms with Gasteiger partial charge in [0.1, 0.15) is 0 Å². The van der Waals surface area contributed by atoms with Gasteiger partial charge < -0.3 is 4.90 Å². The van der Waals surface area contributed by atoms with Crippen molar-refractivity contribution in [1.29, 1.82) is 0 Å². The zero-order valence-corrected chi connectivity index (χ0v) is 15.2. The van der Waals surface area contributed by atoms with Crippen molar-refractivity contribution in [3.05, 3.63) is 65.2 Å². The molecule has 0 aliphatic carbocycles. The first-order valence-electron chi connectivity index (χ1n) is 8.00. The summed E-state index contributed by atoms with van der Waals surface area (Å²) >= 11 is 6.11. The third-order valence-electron chi connectivity index (χ3n) is 4.37. The minimum absolute atomic E-state index is 0.0509. The smallest absolute Gasteiger partial charge is 0.218 e. The van der Waals surface area contributed by atoms with Crippen molar-refractivity contribution < 1.29 is 8.42 Å². The normalized spacial score (nSPS) is 19.4. The third-order valence-corrected chi connectivity index (χ3v) is 6.53. The molecule has 24 heavy (non-hydrogen) atoms. The zero-order valence-electron chi connectivity index (χ0n) is 13.6. The average Bonchev–Trinajstić information content (AvgIpc) is 2.57. The van der Waals surface area contributed by atoms with Gasteiger partial charge in [-0.1, -0.05) is 48.0 Å². The largest absolute Gasteiger partial charge is 0.366 e. The number of para-hydroxylation sites is 1. The first-order chi connectivity index (χ1) is 11.5. The molecule has 0 aromatic heterocycles. The van der Waals surface area contributed by atoms with E-state index in [4.69, 9.17) is 11.6 Å². The van der Waals surface area contributed by atoms with Crippen molar-refractivity contribution >= 4 is 27.3 Å². The van der Waals surface area contributed by atoms with E-state index in [0.717, 1.165) is 5.69 Å². The summed E-state index contributed by atoms with van der Waals surface area (Å²) in [5.41, 5.74) is 1.78. The second kappa shape index (κ2) is 7.13. The fraction of sp³-hybridized carbons (Fsp3) is 0.333. The number of rotatable bonds is 4. The van der Waals surface area contributed by atoms with Gasteiger partial charge in [0.05, 0.1) is 5.75 Å². The predicted molar refractivity (Wildman–Crippen MR) is 98.9 cm³/mol. The zero-order chi connectivity index (χ0) is 17.2. The van der Waals surface area contributed by atoms with Crippen LogP contribution in [0.4, 0.5) is 5.69 Å². The molecule has 1 unspecified atom stereocenters. The Morgan fingerprint density at radius 1 is 1.04 bits per heavy atom. The molecule has 0 amide bonds. The number of piperazine rings is 1. The summed E-state index contributed by atoms with van der Waals surface area (Å²) in [6, 6.07) is 17.3. The van der Waals surface area contributed by atoms with Crippen molar-refractivity contribution in [3.8, 4) is 0 Å². The molecule has 1 atom stereocenters. The number of halogens is 1. The monoisotopic (exact) mass is 364 g/mol. The van der Waals surface area contributed by atoms with Crippen LogP contribution >= 0.6 is 11.6 Å². The summed E-state index contributed by atoms with van der Waals surface area (Å²) in [6.45, 7) is 3.73. The quantitative estimate of drug-likeness (QED) is 0.835. The topological polar surface area (TPSA) is 40.6 Å². The molecular formula is C18H21ClN2O2S. The number of hydrogen-bond donors (Lipinski definition) is 0. The number of sulfonamides is 1. The summed E-state index contributed by atoms with van der Waals surface area (Å²) in [5.74, 6) is -0.0509. The highest BCUT2D eigenvalue weighted by Crippen LogP contribution is 2.24. The van der Waals surface area contributed by atoms with Crippen LogP contribution in [0.5, 0.6) is 0 Å². The van der Waals surface area contributed by atoms with E-state index in [-0.39, 0.29) is 11.8 Å². The SMILES string of the molecule is CC1CN(S(=O)(=O)Cc2ccccc2Cl)CCN1c1ccccc1. The fourth-order valence-corrected chi connectivity index (χ4v) is 4.99. The molecule has 2 aromatic rings. The minimum atomic E-state index is -3.38. The Morgan fingerprint density at radius 3 is 2.38 bits per heavy atom. The molecule has 0 N–H and O–H groups in total. The van der Waals surface area contributed by atoms with Crippen LogP contribution in [0.15, 0.2) is 54.6 Å². The molecule has 0 bridgehead atoms. The highest BCUT2D eigenvalue weighted by Gasteiger charge is 2.31.